The summed E-state index contributed by atoms with van der Waals surface area (Å²) in [5.41, 5.74) is -0.619. The van der Waals surface area contributed by atoms with E-state index in [4.69, 9.17) is 5.11 Å². The molecule has 0 fully saturated rings. The second-order valence-electron chi connectivity index (χ2n) is 3.14. The van der Waals surface area contributed by atoms with Gasteiger partial charge < -0.3 is 5.11 Å². The molecule has 88 valence electrons. The maximum atomic E-state index is 11.5. The van der Waals surface area contributed by atoms with Gasteiger partial charge in [0.05, 0.1) is 5.25 Å². The number of hydrogen-bond acceptors (Lipinski definition) is 7. The Labute approximate surface area is 95.2 Å². The van der Waals surface area contributed by atoms with Gasteiger partial charge in [0, 0.05) is 0 Å². The summed E-state index contributed by atoms with van der Waals surface area (Å²) in [6.45, 7) is 2.65. The van der Waals surface area contributed by atoms with Crippen LogP contribution in [-0.2, 0) is 9.84 Å². The number of carboxylic acid groups (broad SMARTS) is 1. The Morgan fingerprint density at radius 1 is 1.38 bits per heavy atom. The van der Waals surface area contributed by atoms with Crippen molar-refractivity contribution in [1.82, 2.24) is 9.59 Å². The zero-order valence-electron chi connectivity index (χ0n) is 8.37. The molecule has 0 aliphatic heterocycles. The van der Waals surface area contributed by atoms with Gasteiger partial charge in [-0.3, -0.25) is 4.79 Å². The summed E-state index contributed by atoms with van der Waals surface area (Å²) in [5.74, 6) is -1.42. The summed E-state index contributed by atoms with van der Waals surface area (Å²) in [5, 5.41) is 9.71. The molecule has 1 N–H and O–H groups in total. The number of aromatic carboxylic acids is 1. The Balaban J connectivity index is 3.27. The van der Waals surface area contributed by atoms with Gasteiger partial charge in [0.15, 0.2) is 10.6 Å². The second-order valence-corrected chi connectivity index (χ2v) is 6.29. The van der Waals surface area contributed by atoms with Gasteiger partial charge in [-0.15, -0.1) is 5.10 Å². The average molecular weight is 264 g/mol. The number of aromatic nitrogens is 2. The molecule has 0 bridgehead atoms. The van der Waals surface area contributed by atoms with E-state index in [0.717, 1.165) is 0 Å². The maximum absolute atomic E-state index is 11.5. The van der Waals surface area contributed by atoms with Crippen molar-refractivity contribution < 1.29 is 23.1 Å². The molecule has 1 rings (SSSR count). The Hall–Kier alpha value is -1.35. The van der Waals surface area contributed by atoms with Crippen LogP contribution < -0.4 is 0 Å². The van der Waals surface area contributed by atoms with Gasteiger partial charge >= 0.3 is 5.97 Å². The number of sulfone groups is 1. The minimum absolute atomic E-state index is 0.464. The first-order valence-electron chi connectivity index (χ1n) is 4.12. The standard InChI is InChI=1S/C7H8N2O5S2/c1-3(2)16(13,14)7(12)4-5(6(10)11)15-9-8-4/h3H,1-2H3,(H,10,11). The molecule has 0 atom stereocenters. The van der Waals surface area contributed by atoms with E-state index < -0.39 is 36.7 Å². The molecule has 0 aliphatic rings. The Bertz CT molecular complexity index is 531. The molecule has 0 radical (unpaired) electrons. The first kappa shape index (κ1) is 12.7. The molecule has 0 amide bonds. The third-order valence-corrected chi connectivity index (χ3v) is 4.42. The van der Waals surface area contributed by atoms with Gasteiger partial charge in [-0.05, 0) is 25.4 Å². The quantitative estimate of drug-likeness (QED) is 0.829. The van der Waals surface area contributed by atoms with E-state index in [1.807, 2.05) is 0 Å². The zero-order valence-corrected chi connectivity index (χ0v) is 10.0. The molecule has 16 heavy (non-hydrogen) atoms. The fourth-order valence-corrected chi connectivity index (χ4v) is 2.22. The summed E-state index contributed by atoms with van der Waals surface area (Å²) < 4.78 is 26.3. The van der Waals surface area contributed by atoms with Crippen molar-refractivity contribution in [2.75, 3.05) is 0 Å². The average Bonchev–Trinajstić information content (AvgIpc) is 2.64. The van der Waals surface area contributed by atoms with Crippen LogP contribution in [0.3, 0.4) is 0 Å². The topological polar surface area (TPSA) is 114 Å². The molecule has 1 aromatic rings. The molecule has 0 unspecified atom stereocenters. The highest BCUT2D eigenvalue weighted by Crippen LogP contribution is 2.16. The molecule has 7 nitrogen and oxygen atoms in total. The fraction of sp³-hybridized carbons (Fsp3) is 0.429. The lowest BCUT2D eigenvalue weighted by Gasteiger charge is -2.03. The number of carbonyl (C=O) groups excluding carboxylic acids is 1. The summed E-state index contributed by atoms with van der Waals surface area (Å²) in [4.78, 5) is 21.8. The molecule has 0 aromatic carbocycles. The van der Waals surface area contributed by atoms with Crippen LogP contribution in [0.5, 0.6) is 0 Å². The minimum atomic E-state index is -4.05. The monoisotopic (exact) mass is 264 g/mol. The lowest BCUT2D eigenvalue weighted by atomic mass is 10.4. The van der Waals surface area contributed by atoms with Crippen molar-refractivity contribution in [3.8, 4) is 0 Å². The molecule has 0 saturated carbocycles. The van der Waals surface area contributed by atoms with E-state index in [0.29, 0.717) is 11.5 Å². The number of carbonyl (C=O) groups is 2. The highest BCUT2D eigenvalue weighted by Gasteiger charge is 2.33. The Morgan fingerprint density at radius 3 is 2.38 bits per heavy atom. The third kappa shape index (κ3) is 2.09. The predicted molar refractivity (Wildman–Crippen MR) is 55.3 cm³/mol. The largest absolute Gasteiger partial charge is 0.477 e. The first-order chi connectivity index (χ1) is 7.28. The van der Waals surface area contributed by atoms with Crippen LogP contribution in [0.25, 0.3) is 0 Å². The van der Waals surface area contributed by atoms with Crippen LogP contribution in [0.15, 0.2) is 0 Å². The van der Waals surface area contributed by atoms with Crippen molar-refractivity contribution >= 4 is 32.5 Å². The van der Waals surface area contributed by atoms with Gasteiger partial charge in [-0.2, -0.15) is 0 Å². The molecule has 0 spiro atoms. The lowest BCUT2D eigenvalue weighted by Crippen LogP contribution is -2.25. The lowest BCUT2D eigenvalue weighted by molar-refractivity contribution is 0.0698. The normalized spacial score (nSPS) is 11.7. The van der Waals surface area contributed by atoms with Crippen molar-refractivity contribution in [3.63, 3.8) is 0 Å². The number of hydrogen-bond donors (Lipinski definition) is 1. The summed E-state index contributed by atoms with van der Waals surface area (Å²) >= 11 is 0.468. The summed E-state index contributed by atoms with van der Waals surface area (Å²) in [6.07, 6.45) is 0. The van der Waals surface area contributed by atoms with Gasteiger partial charge in [0.1, 0.15) is 0 Å². The van der Waals surface area contributed by atoms with Crippen LogP contribution in [0.2, 0.25) is 0 Å². The molecule has 9 heteroatoms. The van der Waals surface area contributed by atoms with E-state index in [-0.39, 0.29) is 0 Å². The van der Waals surface area contributed by atoms with Crippen LogP contribution >= 0.6 is 11.5 Å². The van der Waals surface area contributed by atoms with Crippen LogP contribution in [0, 0.1) is 0 Å². The van der Waals surface area contributed by atoms with Crippen molar-refractivity contribution in [2.24, 2.45) is 0 Å². The van der Waals surface area contributed by atoms with Gasteiger partial charge in [-0.25, -0.2) is 13.2 Å². The van der Waals surface area contributed by atoms with Crippen molar-refractivity contribution in [1.29, 1.82) is 0 Å². The van der Waals surface area contributed by atoms with Gasteiger partial charge in [0.2, 0.25) is 9.84 Å². The highest BCUT2D eigenvalue weighted by atomic mass is 32.2. The summed E-state index contributed by atoms with van der Waals surface area (Å²) in [6, 6.07) is 0. The van der Waals surface area contributed by atoms with Crippen LogP contribution in [-0.4, -0.2) is 39.4 Å². The Morgan fingerprint density at radius 2 is 1.94 bits per heavy atom. The maximum Gasteiger partial charge on any atom is 0.350 e. The molecule has 0 saturated heterocycles. The molecule has 1 heterocycles. The van der Waals surface area contributed by atoms with Crippen LogP contribution in [0.1, 0.15) is 34.0 Å². The molecular formula is C7H8N2O5S2. The van der Waals surface area contributed by atoms with E-state index in [2.05, 4.69) is 9.59 Å². The number of nitrogens with zero attached hydrogens (tertiary/aromatic N) is 2. The Kier molecular flexibility index (Phi) is 3.38. The molecule has 0 aliphatic carbocycles. The van der Waals surface area contributed by atoms with E-state index in [9.17, 15) is 18.0 Å². The van der Waals surface area contributed by atoms with E-state index in [1.165, 1.54) is 13.8 Å². The van der Waals surface area contributed by atoms with E-state index in [1.54, 1.807) is 0 Å². The van der Waals surface area contributed by atoms with Gasteiger partial charge in [-0.1, -0.05) is 4.49 Å². The smallest absolute Gasteiger partial charge is 0.350 e. The molecule has 1 aromatic heterocycles. The van der Waals surface area contributed by atoms with Crippen molar-refractivity contribution in [2.45, 2.75) is 19.1 Å². The van der Waals surface area contributed by atoms with Gasteiger partial charge in [0.25, 0.3) is 5.12 Å². The second kappa shape index (κ2) is 4.26. The minimum Gasteiger partial charge on any atom is -0.477 e. The zero-order chi connectivity index (χ0) is 12.5. The first-order valence-corrected chi connectivity index (χ1v) is 6.44. The number of carboxylic acids is 1. The van der Waals surface area contributed by atoms with E-state index >= 15 is 0 Å². The highest BCUT2D eigenvalue weighted by molar-refractivity contribution is 8.07. The number of rotatable bonds is 3. The third-order valence-electron chi connectivity index (χ3n) is 1.75. The fourth-order valence-electron chi connectivity index (χ4n) is 0.813. The van der Waals surface area contributed by atoms with Crippen LogP contribution in [0.4, 0.5) is 0 Å². The van der Waals surface area contributed by atoms with Crippen molar-refractivity contribution in [3.05, 3.63) is 10.6 Å². The SMILES string of the molecule is CC(C)S(=O)(=O)C(=O)c1nnsc1C(=O)O. The predicted octanol–water partition coefficient (Wildman–Crippen LogP) is 0.200. The summed E-state index contributed by atoms with van der Waals surface area (Å²) in [7, 11) is -4.05. The molecular weight excluding hydrogens is 256 g/mol.